The third kappa shape index (κ3) is 4.46. The van der Waals surface area contributed by atoms with Crippen molar-refractivity contribution in [1.82, 2.24) is 0 Å². The monoisotopic (exact) mass is 373 g/mol. The molecule has 0 saturated carbocycles. The van der Waals surface area contributed by atoms with E-state index >= 15 is 0 Å². The number of anilines is 1. The van der Waals surface area contributed by atoms with Crippen LogP contribution < -0.4 is 10.1 Å². The Bertz CT molecular complexity index is 801. The fraction of sp³-hybridized carbons (Fsp3) is 0.267. The summed E-state index contributed by atoms with van der Waals surface area (Å²) >= 11 is 6.99. The van der Waals surface area contributed by atoms with E-state index in [0.717, 1.165) is 0 Å². The largest absolute Gasteiger partial charge is 0.495 e. The van der Waals surface area contributed by atoms with Crippen molar-refractivity contribution in [2.45, 2.75) is 17.9 Å². The average molecular weight is 374 g/mol. The summed E-state index contributed by atoms with van der Waals surface area (Å²) in [6.07, 6.45) is 0. The number of nitrogens with one attached hydrogen (secondary N) is 1. The van der Waals surface area contributed by atoms with E-state index in [9.17, 15) is 13.2 Å². The first-order valence-electron chi connectivity index (χ1n) is 6.73. The molecule has 0 spiro atoms. The van der Waals surface area contributed by atoms with Crippen LogP contribution in [-0.2, 0) is 20.4 Å². The molecule has 0 saturated heterocycles. The summed E-state index contributed by atoms with van der Waals surface area (Å²) in [7, 11) is -2.16. The first-order valence-corrected chi connectivity index (χ1v) is 9.64. The molecule has 1 heterocycles. The molecule has 8 heteroatoms. The number of benzene rings is 1. The maximum absolute atomic E-state index is 12.4. The van der Waals surface area contributed by atoms with Crippen LogP contribution >= 0.6 is 22.9 Å². The SMILES string of the molecule is COc1ccccc1NC(=O)C(C)S(=O)(=O)Cc1ccc(Cl)s1. The molecule has 5 nitrogen and oxygen atoms in total. The van der Waals surface area contributed by atoms with Gasteiger partial charge >= 0.3 is 0 Å². The molecule has 1 unspecified atom stereocenters. The Kier molecular flexibility index (Phi) is 5.67. The van der Waals surface area contributed by atoms with Crippen molar-refractivity contribution in [3.05, 3.63) is 45.6 Å². The fourth-order valence-corrected chi connectivity index (χ4v) is 4.64. The van der Waals surface area contributed by atoms with Crippen molar-refractivity contribution in [1.29, 1.82) is 0 Å². The number of amides is 1. The number of methoxy groups -OCH3 is 1. The van der Waals surface area contributed by atoms with Gasteiger partial charge in [-0.05, 0) is 31.2 Å². The normalized spacial score (nSPS) is 12.7. The molecule has 1 aromatic carbocycles. The van der Waals surface area contributed by atoms with Crippen LogP contribution in [0.2, 0.25) is 4.34 Å². The van der Waals surface area contributed by atoms with E-state index in [-0.39, 0.29) is 5.75 Å². The minimum Gasteiger partial charge on any atom is -0.495 e. The Morgan fingerprint density at radius 2 is 2.00 bits per heavy atom. The Morgan fingerprint density at radius 1 is 1.30 bits per heavy atom. The molecule has 1 amide bonds. The zero-order chi connectivity index (χ0) is 17.0. The van der Waals surface area contributed by atoms with E-state index in [0.29, 0.717) is 20.7 Å². The number of carbonyl (C=O) groups is 1. The molecule has 1 atom stereocenters. The Balaban J connectivity index is 2.12. The maximum Gasteiger partial charge on any atom is 0.242 e. The minimum atomic E-state index is -3.64. The van der Waals surface area contributed by atoms with Gasteiger partial charge in [-0.3, -0.25) is 4.79 Å². The van der Waals surface area contributed by atoms with Gasteiger partial charge in [0.15, 0.2) is 9.84 Å². The van der Waals surface area contributed by atoms with Crippen molar-refractivity contribution < 1.29 is 17.9 Å². The quantitative estimate of drug-likeness (QED) is 0.842. The molecule has 2 rings (SSSR count). The van der Waals surface area contributed by atoms with Gasteiger partial charge in [0.25, 0.3) is 0 Å². The summed E-state index contributed by atoms with van der Waals surface area (Å²) in [6.45, 7) is 1.37. The Labute approximate surface area is 144 Å². The van der Waals surface area contributed by atoms with Gasteiger partial charge in [0.05, 0.1) is 22.9 Å². The van der Waals surface area contributed by atoms with Crippen LogP contribution in [0.15, 0.2) is 36.4 Å². The molecule has 1 N–H and O–H groups in total. The van der Waals surface area contributed by atoms with Crippen LogP contribution in [0.4, 0.5) is 5.69 Å². The van der Waals surface area contributed by atoms with Crippen LogP contribution in [-0.4, -0.2) is 26.7 Å². The molecule has 0 aliphatic carbocycles. The summed E-state index contributed by atoms with van der Waals surface area (Å²) in [6, 6.07) is 10.1. The number of rotatable bonds is 6. The topological polar surface area (TPSA) is 72.5 Å². The zero-order valence-corrected chi connectivity index (χ0v) is 15.0. The zero-order valence-electron chi connectivity index (χ0n) is 12.6. The van der Waals surface area contributed by atoms with Gasteiger partial charge in [-0.15, -0.1) is 11.3 Å². The summed E-state index contributed by atoms with van der Waals surface area (Å²) in [5, 5.41) is 1.41. The van der Waals surface area contributed by atoms with Gasteiger partial charge in [0.2, 0.25) is 5.91 Å². The summed E-state index contributed by atoms with van der Waals surface area (Å²) in [5.41, 5.74) is 0.432. The van der Waals surface area contributed by atoms with Gasteiger partial charge in [-0.25, -0.2) is 8.42 Å². The second-order valence-electron chi connectivity index (χ2n) is 4.84. The molecule has 124 valence electrons. The lowest BCUT2D eigenvalue weighted by atomic mass is 10.3. The van der Waals surface area contributed by atoms with E-state index in [1.807, 2.05) is 0 Å². The highest BCUT2D eigenvalue weighted by atomic mass is 35.5. The van der Waals surface area contributed by atoms with Crippen molar-refractivity contribution >= 4 is 44.4 Å². The highest BCUT2D eigenvalue weighted by Gasteiger charge is 2.29. The summed E-state index contributed by atoms with van der Waals surface area (Å²) in [4.78, 5) is 12.9. The molecule has 2 aromatic rings. The number of thiophene rings is 1. The van der Waals surface area contributed by atoms with Crippen molar-refractivity contribution in [3.8, 4) is 5.75 Å². The molecule has 0 aliphatic heterocycles. The number of para-hydroxylation sites is 2. The third-order valence-electron chi connectivity index (χ3n) is 3.25. The van der Waals surface area contributed by atoms with E-state index in [1.165, 1.54) is 25.4 Å². The average Bonchev–Trinajstić information content (AvgIpc) is 2.91. The molecule has 23 heavy (non-hydrogen) atoms. The molecule has 0 fully saturated rings. The lowest BCUT2D eigenvalue weighted by molar-refractivity contribution is -0.115. The first kappa shape index (κ1) is 17.8. The van der Waals surface area contributed by atoms with Gasteiger partial charge in [-0.2, -0.15) is 0 Å². The third-order valence-corrected chi connectivity index (χ3v) is 6.66. The van der Waals surface area contributed by atoms with Gasteiger partial charge < -0.3 is 10.1 Å². The molecular weight excluding hydrogens is 358 g/mol. The number of halogens is 1. The molecule has 1 aromatic heterocycles. The van der Waals surface area contributed by atoms with Crippen LogP contribution in [0.25, 0.3) is 0 Å². The molecular formula is C15H16ClNO4S2. The minimum absolute atomic E-state index is 0.217. The number of carbonyl (C=O) groups excluding carboxylic acids is 1. The van der Waals surface area contributed by atoms with Gasteiger partial charge in [0.1, 0.15) is 11.0 Å². The number of hydrogen-bond donors (Lipinski definition) is 1. The summed E-state index contributed by atoms with van der Waals surface area (Å²) in [5.74, 6) is -0.349. The van der Waals surface area contributed by atoms with Crippen LogP contribution in [0.1, 0.15) is 11.8 Å². The molecule has 0 bridgehead atoms. The lowest BCUT2D eigenvalue weighted by Crippen LogP contribution is -2.33. The van der Waals surface area contributed by atoms with Crippen LogP contribution in [0.3, 0.4) is 0 Å². The molecule has 0 radical (unpaired) electrons. The van der Waals surface area contributed by atoms with Crippen molar-refractivity contribution in [3.63, 3.8) is 0 Å². The Hall–Kier alpha value is -1.57. The van der Waals surface area contributed by atoms with E-state index < -0.39 is 21.0 Å². The van der Waals surface area contributed by atoms with E-state index in [4.69, 9.17) is 16.3 Å². The van der Waals surface area contributed by atoms with Gasteiger partial charge in [0, 0.05) is 4.88 Å². The second-order valence-corrected chi connectivity index (χ2v) is 8.97. The number of hydrogen-bond acceptors (Lipinski definition) is 5. The summed E-state index contributed by atoms with van der Waals surface area (Å²) < 4.78 is 30.4. The maximum atomic E-state index is 12.4. The lowest BCUT2D eigenvalue weighted by Gasteiger charge is -2.14. The predicted molar refractivity (Wildman–Crippen MR) is 93.0 cm³/mol. The Morgan fingerprint density at radius 3 is 2.61 bits per heavy atom. The van der Waals surface area contributed by atoms with Crippen LogP contribution in [0, 0.1) is 0 Å². The van der Waals surface area contributed by atoms with Gasteiger partial charge in [-0.1, -0.05) is 23.7 Å². The number of sulfone groups is 1. The highest BCUT2D eigenvalue weighted by Crippen LogP contribution is 2.26. The number of ether oxygens (including phenoxy) is 1. The molecule has 0 aliphatic rings. The predicted octanol–water partition coefficient (Wildman–Crippen LogP) is 3.35. The fourth-order valence-electron chi connectivity index (χ4n) is 1.90. The van der Waals surface area contributed by atoms with E-state index in [1.54, 1.807) is 36.4 Å². The standard InChI is InChI=1S/C15H16ClNO4S2/c1-10(23(19,20)9-11-7-8-14(16)22-11)15(18)17-12-5-3-4-6-13(12)21-2/h3-8,10H,9H2,1-2H3,(H,17,18). The smallest absolute Gasteiger partial charge is 0.242 e. The van der Waals surface area contributed by atoms with E-state index in [2.05, 4.69) is 5.32 Å². The van der Waals surface area contributed by atoms with Crippen LogP contribution in [0.5, 0.6) is 5.75 Å². The second kappa shape index (κ2) is 7.33. The first-order chi connectivity index (χ1) is 10.8. The van der Waals surface area contributed by atoms with Crippen molar-refractivity contribution in [2.24, 2.45) is 0 Å². The highest BCUT2D eigenvalue weighted by molar-refractivity contribution is 7.92. The van der Waals surface area contributed by atoms with Crippen molar-refractivity contribution in [2.75, 3.05) is 12.4 Å².